The van der Waals surface area contributed by atoms with Gasteiger partial charge in [0.05, 0.1) is 5.69 Å². The molecule has 0 bridgehead atoms. The number of nitrogens with one attached hydrogen (secondary N) is 2. The lowest BCUT2D eigenvalue weighted by Gasteiger charge is -2.06. The minimum Gasteiger partial charge on any atom is -0.367 e. The van der Waals surface area contributed by atoms with Crippen molar-refractivity contribution in [2.45, 2.75) is 13.8 Å². The van der Waals surface area contributed by atoms with Crippen LogP contribution in [0.4, 0.5) is 5.82 Å². The van der Waals surface area contributed by atoms with Gasteiger partial charge in [-0.1, -0.05) is 29.8 Å². The number of rotatable bonds is 8. The highest BCUT2D eigenvalue weighted by atomic mass is 32.2. The zero-order valence-electron chi connectivity index (χ0n) is 15.7. The topological polar surface area (TPSA) is 102 Å². The molecule has 146 valence electrons. The van der Waals surface area contributed by atoms with Crippen LogP contribution in [0.5, 0.6) is 0 Å². The molecule has 0 aliphatic rings. The molecular weight excluding hydrogens is 376 g/mol. The van der Waals surface area contributed by atoms with Crippen LogP contribution in [0, 0.1) is 13.8 Å². The molecule has 2 aromatic heterocycles. The van der Waals surface area contributed by atoms with Gasteiger partial charge in [-0.15, -0.1) is 10.2 Å². The Bertz CT molecular complexity index is 1040. The van der Waals surface area contributed by atoms with E-state index in [9.17, 15) is 8.42 Å². The summed E-state index contributed by atoms with van der Waals surface area (Å²) in [5.41, 5.74) is 2.85. The lowest BCUT2D eigenvalue weighted by Crippen LogP contribution is -2.27. The number of hydrogen-bond donors (Lipinski definition) is 2. The molecule has 0 unspecified atom stereocenters. The predicted octanol–water partition coefficient (Wildman–Crippen LogP) is 2.28. The summed E-state index contributed by atoms with van der Waals surface area (Å²) in [5, 5.41) is 16.6. The van der Waals surface area contributed by atoms with Crippen molar-refractivity contribution in [3.63, 3.8) is 0 Å². The van der Waals surface area contributed by atoms with Crippen molar-refractivity contribution < 1.29 is 8.42 Å². The van der Waals surface area contributed by atoms with Crippen LogP contribution in [-0.4, -0.2) is 41.5 Å². The maximum Gasteiger partial charge on any atom is 0.233 e. The summed E-state index contributed by atoms with van der Waals surface area (Å²) in [6.45, 7) is 4.49. The van der Waals surface area contributed by atoms with Gasteiger partial charge in [-0.2, -0.15) is 5.10 Å². The lowest BCUT2D eigenvalue weighted by molar-refractivity contribution is 0.592. The van der Waals surface area contributed by atoms with Crippen molar-refractivity contribution in [1.29, 1.82) is 0 Å². The zero-order chi connectivity index (χ0) is 20.0. The van der Waals surface area contributed by atoms with Crippen molar-refractivity contribution in [3.8, 4) is 5.82 Å². The van der Waals surface area contributed by atoms with Gasteiger partial charge in [0, 0.05) is 24.7 Å². The molecule has 0 saturated heterocycles. The molecule has 3 aromatic rings. The second kappa shape index (κ2) is 8.77. The average molecular weight is 398 g/mol. The molecule has 0 atom stereocenters. The van der Waals surface area contributed by atoms with E-state index >= 15 is 0 Å². The first kappa shape index (κ1) is 19.7. The van der Waals surface area contributed by atoms with Gasteiger partial charge in [0.25, 0.3) is 0 Å². The Balaban J connectivity index is 1.46. The Kier molecular flexibility index (Phi) is 6.17. The molecule has 0 amide bonds. The summed E-state index contributed by atoms with van der Waals surface area (Å²) in [6.07, 6.45) is 3.38. The van der Waals surface area contributed by atoms with Crippen molar-refractivity contribution in [2.24, 2.45) is 0 Å². The first-order chi connectivity index (χ1) is 13.4. The van der Waals surface area contributed by atoms with Crippen LogP contribution >= 0.6 is 0 Å². The molecule has 2 heterocycles. The number of hydrogen-bond acceptors (Lipinski definition) is 6. The van der Waals surface area contributed by atoms with Gasteiger partial charge in [0.2, 0.25) is 10.0 Å². The van der Waals surface area contributed by atoms with E-state index in [1.807, 2.05) is 50.4 Å². The van der Waals surface area contributed by atoms with Crippen LogP contribution in [-0.2, 0) is 10.0 Å². The third-order valence-electron chi connectivity index (χ3n) is 3.86. The second-order valence-corrected chi connectivity index (χ2v) is 7.91. The van der Waals surface area contributed by atoms with E-state index in [1.165, 1.54) is 5.41 Å². The van der Waals surface area contributed by atoms with E-state index in [1.54, 1.807) is 22.9 Å². The standard InChI is InChI=1S/C19H22N6O2S/c1-15-3-5-17(6-4-15)10-14-28(26,27)21-12-11-20-18-7-8-19(23-22-18)25-13-9-16(2)24-25/h3-10,13-14,21H,11-12H2,1-2H3,(H,20,22)/b14-10+. The second-order valence-electron chi connectivity index (χ2n) is 6.26. The molecule has 1 aromatic carbocycles. The van der Waals surface area contributed by atoms with E-state index in [2.05, 4.69) is 25.3 Å². The third kappa shape index (κ3) is 5.73. The van der Waals surface area contributed by atoms with Crippen LogP contribution in [0.25, 0.3) is 11.9 Å². The normalized spacial score (nSPS) is 11.8. The molecule has 28 heavy (non-hydrogen) atoms. The average Bonchev–Trinajstić information content (AvgIpc) is 3.12. The molecular formula is C19H22N6O2S. The Hall–Kier alpha value is -3.04. The van der Waals surface area contributed by atoms with Crippen molar-refractivity contribution >= 4 is 21.9 Å². The largest absolute Gasteiger partial charge is 0.367 e. The summed E-state index contributed by atoms with van der Waals surface area (Å²) in [5.74, 6) is 1.17. The highest BCUT2D eigenvalue weighted by Crippen LogP contribution is 2.07. The van der Waals surface area contributed by atoms with Crippen LogP contribution in [0.1, 0.15) is 16.8 Å². The first-order valence-electron chi connectivity index (χ1n) is 8.76. The smallest absolute Gasteiger partial charge is 0.233 e. The Morgan fingerprint density at radius 1 is 1.00 bits per heavy atom. The Morgan fingerprint density at radius 3 is 2.43 bits per heavy atom. The molecule has 0 aliphatic carbocycles. The number of sulfonamides is 1. The van der Waals surface area contributed by atoms with Gasteiger partial charge in [-0.25, -0.2) is 17.8 Å². The van der Waals surface area contributed by atoms with Crippen molar-refractivity contribution in [3.05, 3.63) is 70.9 Å². The lowest BCUT2D eigenvalue weighted by atomic mass is 10.2. The third-order valence-corrected chi connectivity index (χ3v) is 4.96. The Labute approximate surface area is 164 Å². The van der Waals surface area contributed by atoms with E-state index in [0.29, 0.717) is 18.2 Å². The van der Waals surface area contributed by atoms with E-state index < -0.39 is 10.0 Å². The molecule has 3 rings (SSSR count). The highest BCUT2D eigenvalue weighted by Gasteiger charge is 2.05. The number of aromatic nitrogens is 4. The van der Waals surface area contributed by atoms with Gasteiger partial charge in [-0.05, 0) is 43.7 Å². The summed E-state index contributed by atoms with van der Waals surface area (Å²) in [4.78, 5) is 0. The molecule has 0 radical (unpaired) electrons. The maximum absolute atomic E-state index is 12.0. The van der Waals surface area contributed by atoms with Crippen LogP contribution < -0.4 is 10.0 Å². The van der Waals surface area contributed by atoms with E-state index in [4.69, 9.17) is 0 Å². The fourth-order valence-electron chi connectivity index (χ4n) is 2.36. The summed E-state index contributed by atoms with van der Waals surface area (Å²) >= 11 is 0. The molecule has 0 saturated carbocycles. The summed E-state index contributed by atoms with van der Waals surface area (Å²) < 4.78 is 28.2. The molecule has 0 fully saturated rings. The molecule has 9 heteroatoms. The quantitative estimate of drug-likeness (QED) is 0.565. The van der Waals surface area contributed by atoms with E-state index in [0.717, 1.165) is 16.8 Å². The fourth-order valence-corrected chi connectivity index (χ4v) is 3.18. The minimum atomic E-state index is -3.50. The summed E-state index contributed by atoms with van der Waals surface area (Å²) in [7, 11) is -3.50. The highest BCUT2D eigenvalue weighted by molar-refractivity contribution is 7.92. The number of aryl methyl sites for hydroxylation is 2. The van der Waals surface area contributed by atoms with Crippen LogP contribution in [0.2, 0.25) is 0 Å². The van der Waals surface area contributed by atoms with Crippen LogP contribution in [0.3, 0.4) is 0 Å². The van der Waals surface area contributed by atoms with Gasteiger partial charge in [0.15, 0.2) is 5.82 Å². The Morgan fingerprint density at radius 2 is 1.79 bits per heavy atom. The first-order valence-corrected chi connectivity index (χ1v) is 10.3. The summed E-state index contributed by atoms with van der Waals surface area (Å²) in [6, 6.07) is 13.0. The van der Waals surface area contributed by atoms with Gasteiger partial charge >= 0.3 is 0 Å². The van der Waals surface area contributed by atoms with E-state index in [-0.39, 0.29) is 6.54 Å². The monoisotopic (exact) mass is 398 g/mol. The number of anilines is 1. The predicted molar refractivity (Wildman–Crippen MR) is 110 cm³/mol. The van der Waals surface area contributed by atoms with Gasteiger partial charge < -0.3 is 5.32 Å². The molecule has 0 aliphatic heterocycles. The van der Waals surface area contributed by atoms with Gasteiger partial charge in [-0.3, -0.25) is 0 Å². The maximum atomic E-state index is 12.0. The van der Waals surface area contributed by atoms with Gasteiger partial charge in [0.1, 0.15) is 5.82 Å². The SMILES string of the molecule is Cc1ccc(/C=C/S(=O)(=O)NCCNc2ccc(-n3ccc(C)n3)nn2)cc1. The van der Waals surface area contributed by atoms with Crippen molar-refractivity contribution in [2.75, 3.05) is 18.4 Å². The molecule has 8 nitrogen and oxygen atoms in total. The molecule has 2 N–H and O–H groups in total. The zero-order valence-corrected chi connectivity index (χ0v) is 16.5. The van der Waals surface area contributed by atoms with Crippen LogP contribution in [0.15, 0.2) is 54.1 Å². The number of nitrogens with zero attached hydrogens (tertiary/aromatic N) is 4. The fraction of sp³-hybridized carbons (Fsp3) is 0.211. The number of benzene rings is 1. The molecule has 0 spiro atoms. The minimum absolute atomic E-state index is 0.225. The van der Waals surface area contributed by atoms with Crippen molar-refractivity contribution in [1.82, 2.24) is 24.7 Å².